The summed E-state index contributed by atoms with van der Waals surface area (Å²) < 4.78 is 0. The number of nitrogens with one attached hydrogen (secondary N) is 1. The van der Waals surface area contributed by atoms with Gasteiger partial charge in [-0.05, 0) is 29.8 Å². The highest BCUT2D eigenvalue weighted by Crippen LogP contribution is 2.20. The lowest BCUT2D eigenvalue weighted by Crippen LogP contribution is -1.92. The largest absolute Gasteiger partial charge is 0.508 e. The molecule has 0 radical (unpaired) electrons. The van der Waals surface area contributed by atoms with Crippen LogP contribution in [0.1, 0.15) is 5.56 Å². The van der Waals surface area contributed by atoms with Gasteiger partial charge >= 0.3 is 0 Å². The van der Waals surface area contributed by atoms with Crippen LogP contribution in [0.15, 0.2) is 65.9 Å². The van der Waals surface area contributed by atoms with Crippen LogP contribution in [0.5, 0.6) is 5.75 Å². The first-order valence-electron chi connectivity index (χ1n) is 6.25. The standard InChI is InChI=1S/C16H13N3O/c20-14-7-1-4-12(10-14)11-18-19-15-8-2-5-13-6-3-9-17-16(13)15/h1-11,19-20H/b18-11-. The van der Waals surface area contributed by atoms with Crippen LogP contribution in [-0.2, 0) is 0 Å². The number of phenolic OH excluding ortho intramolecular Hbond substituents is 1. The number of nitrogens with zero attached hydrogens (tertiary/aromatic N) is 2. The van der Waals surface area contributed by atoms with Crippen LogP contribution < -0.4 is 5.43 Å². The average Bonchev–Trinajstić information content (AvgIpc) is 2.48. The minimum absolute atomic E-state index is 0.223. The number of phenols is 1. The third-order valence-corrected chi connectivity index (χ3v) is 2.90. The number of hydrogen-bond donors (Lipinski definition) is 2. The summed E-state index contributed by atoms with van der Waals surface area (Å²) in [7, 11) is 0. The van der Waals surface area contributed by atoms with E-state index in [1.807, 2.05) is 36.4 Å². The van der Waals surface area contributed by atoms with E-state index in [-0.39, 0.29) is 5.75 Å². The number of hydrazone groups is 1. The van der Waals surface area contributed by atoms with Crippen molar-refractivity contribution in [3.05, 3.63) is 66.4 Å². The molecule has 1 heterocycles. The summed E-state index contributed by atoms with van der Waals surface area (Å²) in [6, 6.07) is 16.7. The molecular weight excluding hydrogens is 250 g/mol. The molecule has 0 saturated heterocycles. The second-order valence-electron chi connectivity index (χ2n) is 4.35. The number of anilines is 1. The molecule has 0 unspecified atom stereocenters. The molecule has 0 saturated carbocycles. The van der Waals surface area contributed by atoms with Gasteiger partial charge in [-0.15, -0.1) is 0 Å². The van der Waals surface area contributed by atoms with Crippen molar-refractivity contribution >= 4 is 22.8 Å². The van der Waals surface area contributed by atoms with Gasteiger partial charge in [-0.2, -0.15) is 5.10 Å². The maximum Gasteiger partial charge on any atom is 0.116 e. The lowest BCUT2D eigenvalue weighted by Gasteiger charge is -2.04. The molecule has 1 aromatic heterocycles. The van der Waals surface area contributed by atoms with Gasteiger partial charge in [-0.25, -0.2) is 0 Å². The fourth-order valence-corrected chi connectivity index (χ4v) is 1.98. The van der Waals surface area contributed by atoms with Crippen LogP contribution in [-0.4, -0.2) is 16.3 Å². The summed E-state index contributed by atoms with van der Waals surface area (Å²) in [4.78, 5) is 4.34. The number of rotatable bonds is 3. The second kappa shape index (κ2) is 5.40. The Bertz CT molecular complexity index is 763. The van der Waals surface area contributed by atoms with Crippen molar-refractivity contribution in [1.82, 2.24) is 4.98 Å². The first kappa shape index (κ1) is 12.2. The highest BCUT2D eigenvalue weighted by atomic mass is 16.3. The second-order valence-corrected chi connectivity index (χ2v) is 4.35. The van der Waals surface area contributed by atoms with E-state index in [1.54, 1.807) is 30.6 Å². The van der Waals surface area contributed by atoms with Crippen molar-refractivity contribution in [3.63, 3.8) is 0 Å². The molecule has 0 fully saturated rings. The van der Waals surface area contributed by atoms with E-state index in [9.17, 15) is 5.11 Å². The summed E-state index contributed by atoms with van der Waals surface area (Å²) in [6.45, 7) is 0. The maximum atomic E-state index is 9.38. The average molecular weight is 263 g/mol. The molecule has 2 N–H and O–H groups in total. The molecule has 3 aromatic rings. The number of pyridine rings is 1. The van der Waals surface area contributed by atoms with Crippen molar-refractivity contribution < 1.29 is 5.11 Å². The van der Waals surface area contributed by atoms with E-state index in [0.29, 0.717) is 0 Å². The molecule has 98 valence electrons. The fourth-order valence-electron chi connectivity index (χ4n) is 1.98. The molecule has 4 nitrogen and oxygen atoms in total. The zero-order chi connectivity index (χ0) is 13.8. The Labute approximate surface area is 116 Å². The highest BCUT2D eigenvalue weighted by molar-refractivity contribution is 5.90. The van der Waals surface area contributed by atoms with E-state index in [0.717, 1.165) is 22.2 Å². The Balaban J connectivity index is 1.84. The number of benzene rings is 2. The molecule has 0 spiro atoms. The minimum Gasteiger partial charge on any atom is -0.508 e. The van der Waals surface area contributed by atoms with Crippen LogP contribution in [0.3, 0.4) is 0 Å². The first-order chi connectivity index (χ1) is 9.83. The van der Waals surface area contributed by atoms with Crippen molar-refractivity contribution in [2.24, 2.45) is 5.10 Å². The van der Waals surface area contributed by atoms with Gasteiger partial charge in [0.25, 0.3) is 0 Å². The molecule has 0 aliphatic rings. The monoisotopic (exact) mass is 263 g/mol. The van der Waals surface area contributed by atoms with Crippen LogP contribution in [0.4, 0.5) is 5.69 Å². The zero-order valence-electron chi connectivity index (χ0n) is 10.7. The van der Waals surface area contributed by atoms with Crippen molar-refractivity contribution in [1.29, 1.82) is 0 Å². The molecular formula is C16H13N3O. The quantitative estimate of drug-likeness (QED) is 0.562. The molecule has 0 bridgehead atoms. The molecule has 0 aliphatic carbocycles. The third-order valence-electron chi connectivity index (χ3n) is 2.90. The van der Waals surface area contributed by atoms with Gasteiger partial charge < -0.3 is 5.11 Å². The Morgan fingerprint density at radius 2 is 1.90 bits per heavy atom. The summed E-state index contributed by atoms with van der Waals surface area (Å²) in [6.07, 6.45) is 3.41. The van der Waals surface area contributed by atoms with Gasteiger partial charge in [0.2, 0.25) is 0 Å². The van der Waals surface area contributed by atoms with E-state index in [4.69, 9.17) is 0 Å². The normalized spacial score (nSPS) is 11.0. The fraction of sp³-hybridized carbons (Fsp3) is 0. The minimum atomic E-state index is 0.223. The van der Waals surface area contributed by atoms with Gasteiger partial charge in [-0.3, -0.25) is 10.4 Å². The number of aromatic hydroxyl groups is 1. The Kier molecular flexibility index (Phi) is 3.29. The lowest BCUT2D eigenvalue weighted by atomic mass is 10.2. The Morgan fingerprint density at radius 3 is 2.80 bits per heavy atom. The van der Waals surface area contributed by atoms with Gasteiger partial charge in [0, 0.05) is 11.6 Å². The van der Waals surface area contributed by atoms with Crippen molar-refractivity contribution in [2.45, 2.75) is 0 Å². The van der Waals surface area contributed by atoms with Crippen molar-refractivity contribution in [2.75, 3.05) is 5.43 Å². The zero-order valence-corrected chi connectivity index (χ0v) is 10.7. The van der Waals surface area contributed by atoms with Gasteiger partial charge in [0.1, 0.15) is 5.75 Å². The highest BCUT2D eigenvalue weighted by Gasteiger charge is 1.99. The van der Waals surface area contributed by atoms with E-state index in [2.05, 4.69) is 15.5 Å². The van der Waals surface area contributed by atoms with Crippen LogP contribution in [0.25, 0.3) is 10.9 Å². The molecule has 0 aliphatic heterocycles. The van der Waals surface area contributed by atoms with Gasteiger partial charge in [0.05, 0.1) is 17.4 Å². The third kappa shape index (κ3) is 2.59. The molecule has 0 amide bonds. The number of aromatic nitrogens is 1. The van der Waals surface area contributed by atoms with E-state index >= 15 is 0 Å². The topological polar surface area (TPSA) is 57.5 Å². The summed E-state index contributed by atoms with van der Waals surface area (Å²) in [5.41, 5.74) is 5.53. The molecule has 3 rings (SSSR count). The summed E-state index contributed by atoms with van der Waals surface area (Å²) in [5, 5.41) is 14.6. The predicted octanol–water partition coefficient (Wildman–Crippen LogP) is 3.39. The number of hydrogen-bond acceptors (Lipinski definition) is 4. The molecule has 2 aromatic carbocycles. The predicted molar refractivity (Wildman–Crippen MR) is 81.1 cm³/mol. The van der Waals surface area contributed by atoms with Gasteiger partial charge in [-0.1, -0.05) is 30.3 Å². The Hall–Kier alpha value is -2.88. The van der Waals surface area contributed by atoms with Crippen molar-refractivity contribution in [3.8, 4) is 5.75 Å². The Morgan fingerprint density at radius 1 is 1.05 bits per heavy atom. The van der Waals surface area contributed by atoms with Gasteiger partial charge in [0.15, 0.2) is 0 Å². The molecule has 20 heavy (non-hydrogen) atoms. The molecule has 0 atom stereocenters. The number of fused-ring (bicyclic) bond motifs is 1. The van der Waals surface area contributed by atoms with Crippen LogP contribution >= 0.6 is 0 Å². The summed E-state index contributed by atoms with van der Waals surface area (Å²) in [5.74, 6) is 0.223. The number of para-hydroxylation sites is 1. The van der Waals surface area contributed by atoms with Crippen LogP contribution in [0, 0.1) is 0 Å². The van der Waals surface area contributed by atoms with E-state index in [1.165, 1.54) is 0 Å². The van der Waals surface area contributed by atoms with Crippen LogP contribution in [0.2, 0.25) is 0 Å². The van der Waals surface area contributed by atoms with E-state index < -0.39 is 0 Å². The first-order valence-corrected chi connectivity index (χ1v) is 6.25. The molecule has 4 heteroatoms. The lowest BCUT2D eigenvalue weighted by molar-refractivity contribution is 0.475. The maximum absolute atomic E-state index is 9.38. The smallest absolute Gasteiger partial charge is 0.116 e. The summed E-state index contributed by atoms with van der Waals surface area (Å²) >= 11 is 0. The SMILES string of the molecule is Oc1cccc(/C=N\Nc2cccc3cccnc23)c1.